The van der Waals surface area contributed by atoms with Gasteiger partial charge in [-0.25, -0.2) is 4.68 Å². The number of nitrogens with zero attached hydrogens (tertiary/aromatic N) is 3. The standard InChI is InChI=1S/C12H15Cl2N3O3/c1-7-4-16(5-8(2)20-7)10(18)6-17-12(19)11(14)9(13)3-15-17/h3,7-8H,4-6H2,1-2H3/t7-,8-/m1/s1. The Balaban J connectivity index is 2.12. The van der Waals surface area contributed by atoms with Crippen LogP contribution in [0.2, 0.25) is 10.0 Å². The minimum absolute atomic E-state index is 0.0267. The molecule has 1 aliphatic rings. The predicted octanol–water partition coefficient (Wildman–Crippen LogP) is 1.19. The molecule has 0 aromatic carbocycles. The molecule has 2 atom stereocenters. The summed E-state index contributed by atoms with van der Waals surface area (Å²) in [5.41, 5.74) is -0.568. The average Bonchev–Trinajstić information content (AvgIpc) is 2.38. The van der Waals surface area contributed by atoms with Gasteiger partial charge in [0, 0.05) is 13.1 Å². The molecule has 1 aromatic rings. The van der Waals surface area contributed by atoms with Crippen LogP contribution in [0.25, 0.3) is 0 Å². The second kappa shape index (κ2) is 6.11. The highest BCUT2D eigenvalue weighted by molar-refractivity contribution is 6.41. The largest absolute Gasteiger partial charge is 0.372 e. The summed E-state index contributed by atoms with van der Waals surface area (Å²) in [6, 6.07) is 0. The van der Waals surface area contributed by atoms with E-state index in [0.717, 1.165) is 4.68 Å². The highest BCUT2D eigenvalue weighted by Gasteiger charge is 2.26. The van der Waals surface area contributed by atoms with Crippen molar-refractivity contribution in [1.82, 2.24) is 14.7 Å². The first-order valence-corrected chi connectivity index (χ1v) is 6.98. The van der Waals surface area contributed by atoms with E-state index in [1.807, 2.05) is 13.8 Å². The van der Waals surface area contributed by atoms with E-state index in [1.165, 1.54) is 6.20 Å². The lowest BCUT2D eigenvalue weighted by molar-refractivity contribution is -0.144. The van der Waals surface area contributed by atoms with Crippen molar-refractivity contribution in [3.63, 3.8) is 0 Å². The van der Waals surface area contributed by atoms with Crippen molar-refractivity contribution in [3.05, 3.63) is 26.6 Å². The number of amides is 1. The maximum absolute atomic E-state index is 12.2. The zero-order valence-electron chi connectivity index (χ0n) is 11.2. The van der Waals surface area contributed by atoms with Crippen molar-refractivity contribution in [3.8, 4) is 0 Å². The van der Waals surface area contributed by atoms with Crippen LogP contribution in [0, 0.1) is 0 Å². The van der Waals surface area contributed by atoms with E-state index in [2.05, 4.69) is 5.10 Å². The molecule has 0 saturated carbocycles. The van der Waals surface area contributed by atoms with Crippen molar-refractivity contribution < 1.29 is 9.53 Å². The van der Waals surface area contributed by atoms with E-state index in [9.17, 15) is 9.59 Å². The SMILES string of the molecule is C[C@@H]1CN(C(=O)Cn2ncc(Cl)c(Cl)c2=O)C[C@@H](C)O1. The first-order chi connectivity index (χ1) is 9.38. The molecule has 1 aromatic heterocycles. The molecule has 0 unspecified atom stereocenters. The van der Waals surface area contributed by atoms with E-state index in [1.54, 1.807) is 4.90 Å². The second-order valence-electron chi connectivity index (χ2n) is 4.83. The smallest absolute Gasteiger partial charge is 0.287 e. The zero-order chi connectivity index (χ0) is 14.9. The van der Waals surface area contributed by atoms with Crippen LogP contribution in [-0.4, -0.2) is 45.9 Å². The van der Waals surface area contributed by atoms with Gasteiger partial charge in [0.1, 0.15) is 11.6 Å². The van der Waals surface area contributed by atoms with Crippen molar-refractivity contribution in [2.45, 2.75) is 32.6 Å². The van der Waals surface area contributed by atoms with Gasteiger partial charge in [0.15, 0.2) is 0 Å². The number of hydrogen-bond donors (Lipinski definition) is 0. The van der Waals surface area contributed by atoms with Gasteiger partial charge in [-0.3, -0.25) is 9.59 Å². The average molecular weight is 320 g/mol. The number of carbonyl (C=O) groups is 1. The Morgan fingerprint density at radius 3 is 2.60 bits per heavy atom. The summed E-state index contributed by atoms with van der Waals surface area (Å²) < 4.78 is 6.57. The molecular weight excluding hydrogens is 305 g/mol. The monoisotopic (exact) mass is 319 g/mol. The first-order valence-electron chi connectivity index (χ1n) is 6.23. The summed E-state index contributed by atoms with van der Waals surface area (Å²) in [4.78, 5) is 25.7. The van der Waals surface area contributed by atoms with Gasteiger partial charge in [0.2, 0.25) is 5.91 Å². The van der Waals surface area contributed by atoms with E-state index in [-0.39, 0.29) is 34.7 Å². The fraction of sp³-hybridized carbons (Fsp3) is 0.583. The molecule has 1 amide bonds. The highest BCUT2D eigenvalue weighted by Crippen LogP contribution is 2.15. The molecule has 2 heterocycles. The van der Waals surface area contributed by atoms with Crippen LogP contribution in [0.15, 0.2) is 11.0 Å². The van der Waals surface area contributed by atoms with E-state index in [4.69, 9.17) is 27.9 Å². The third kappa shape index (κ3) is 3.31. The molecule has 6 nitrogen and oxygen atoms in total. The van der Waals surface area contributed by atoms with Crippen molar-refractivity contribution >= 4 is 29.1 Å². The zero-order valence-corrected chi connectivity index (χ0v) is 12.7. The minimum atomic E-state index is -0.568. The molecule has 2 rings (SSSR count). The van der Waals surface area contributed by atoms with Crippen LogP contribution < -0.4 is 5.56 Å². The maximum atomic E-state index is 12.2. The Morgan fingerprint density at radius 2 is 2.00 bits per heavy atom. The Bertz CT molecular complexity index is 566. The van der Waals surface area contributed by atoms with Gasteiger partial charge < -0.3 is 9.64 Å². The van der Waals surface area contributed by atoms with Gasteiger partial charge in [0.25, 0.3) is 5.56 Å². The topological polar surface area (TPSA) is 64.4 Å². The van der Waals surface area contributed by atoms with Crippen LogP contribution in [-0.2, 0) is 16.1 Å². The first kappa shape index (κ1) is 15.3. The number of ether oxygens (including phenoxy) is 1. The Kier molecular flexibility index (Phi) is 4.67. The summed E-state index contributed by atoms with van der Waals surface area (Å²) in [6.45, 7) is 4.65. The number of aromatic nitrogens is 2. The summed E-state index contributed by atoms with van der Waals surface area (Å²) >= 11 is 11.4. The van der Waals surface area contributed by atoms with Gasteiger partial charge in [0.05, 0.1) is 23.4 Å². The summed E-state index contributed by atoms with van der Waals surface area (Å²) in [6.07, 6.45) is 1.20. The minimum Gasteiger partial charge on any atom is -0.372 e. The van der Waals surface area contributed by atoms with Gasteiger partial charge >= 0.3 is 0 Å². The third-order valence-corrected chi connectivity index (χ3v) is 3.75. The fourth-order valence-electron chi connectivity index (χ4n) is 2.17. The quantitative estimate of drug-likeness (QED) is 0.821. The lowest BCUT2D eigenvalue weighted by Crippen LogP contribution is -2.49. The normalized spacial score (nSPS) is 22.9. The van der Waals surface area contributed by atoms with E-state index < -0.39 is 5.56 Å². The van der Waals surface area contributed by atoms with E-state index >= 15 is 0 Å². The molecule has 0 N–H and O–H groups in total. The number of carbonyl (C=O) groups excluding carboxylic acids is 1. The predicted molar refractivity (Wildman–Crippen MR) is 75.1 cm³/mol. The lowest BCUT2D eigenvalue weighted by Gasteiger charge is -2.35. The van der Waals surface area contributed by atoms with Gasteiger partial charge in [-0.2, -0.15) is 5.10 Å². The van der Waals surface area contributed by atoms with Crippen molar-refractivity contribution in [2.24, 2.45) is 0 Å². The molecule has 0 spiro atoms. The summed E-state index contributed by atoms with van der Waals surface area (Å²) in [7, 11) is 0. The highest BCUT2D eigenvalue weighted by atomic mass is 35.5. The van der Waals surface area contributed by atoms with E-state index in [0.29, 0.717) is 13.1 Å². The fourth-order valence-corrected chi connectivity index (χ4v) is 2.44. The number of rotatable bonds is 2. The van der Waals surface area contributed by atoms with Gasteiger partial charge in [-0.05, 0) is 13.8 Å². The van der Waals surface area contributed by atoms with Crippen LogP contribution in [0.5, 0.6) is 0 Å². The van der Waals surface area contributed by atoms with Crippen LogP contribution in [0.3, 0.4) is 0 Å². The molecule has 8 heteroatoms. The van der Waals surface area contributed by atoms with Crippen LogP contribution in [0.4, 0.5) is 0 Å². The van der Waals surface area contributed by atoms with Crippen molar-refractivity contribution in [2.75, 3.05) is 13.1 Å². The Morgan fingerprint density at radius 1 is 1.40 bits per heavy atom. The molecule has 1 aliphatic heterocycles. The second-order valence-corrected chi connectivity index (χ2v) is 5.61. The third-order valence-electron chi connectivity index (χ3n) is 3.00. The van der Waals surface area contributed by atoms with Crippen LogP contribution in [0.1, 0.15) is 13.8 Å². The van der Waals surface area contributed by atoms with Crippen LogP contribution >= 0.6 is 23.2 Å². The molecule has 1 fully saturated rings. The Hall–Kier alpha value is -1.11. The molecule has 0 bridgehead atoms. The summed E-state index contributed by atoms with van der Waals surface area (Å²) in [5, 5.41) is 3.77. The number of hydrogen-bond acceptors (Lipinski definition) is 4. The van der Waals surface area contributed by atoms with Gasteiger partial charge in [-0.15, -0.1) is 0 Å². The molecule has 20 heavy (non-hydrogen) atoms. The number of halogens is 2. The lowest BCUT2D eigenvalue weighted by atomic mass is 10.2. The Labute approximate surface area is 126 Å². The molecule has 0 aliphatic carbocycles. The van der Waals surface area contributed by atoms with Gasteiger partial charge in [-0.1, -0.05) is 23.2 Å². The van der Waals surface area contributed by atoms with Crippen molar-refractivity contribution in [1.29, 1.82) is 0 Å². The number of morpholine rings is 1. The summed E-state index contributed by atoms with van der Waals surface area (Å²) in [5.74, 6) is -0.194. The maximum Gasteiger partial charge on any atom is 0.287 e. The molecular formula is C12H15Cl2N3O3. The molecule has 1 saturated heterocycles. The molecule has 0 radical (unpaired) electrons. The molecule has 110 valence electrons.